The highest BCUT2D eigenvalue weighted by Crippen LogP contribution is 2.14. The van der Waals surface area contributed by atoms with E-state index < -0.39 is 0 Å². The van der Waals surface area contributed by atoms with Gasteiger partial charge in [-0.25, -0.2) is 0 Å². The van der Waals surface area contributed by atoms with Crippen LogP contribution in [0.15, 0.2) is 40.8 Å². The Morgan fingerprint density at radius 1 is 1.00 bits per heavy atom. The topological polar surface area (TPSA) is 28.4 Å². The maximum absolute atomic E-state index is 5.66. The van der Waals surface area contributed by atoms with Gasteiger partial charge >= 0.3 is 0 Å². The molecule has 0 aliphatic rings. The number of nitrogens with one attached hydrogen (secondary N) is 1. The average molecular weight is 258 g/mol. The van der Waals surface area contributed by atoms with E-state index in [-0.39, 0.29) is 0 Å². The minimum atomic E-state index is 0.729. The lowest BCUT2D eigenvalue weighted by Gasteiger charge is -2.10. The summed E-state index contributed by atoms with van der Waals surface area (Å²) in [5, 5.41) is 3.37. The summed E-state index contributed by atoms with van der Waals surface area (Å²) in [7, 11) is 4.16. The summed E-state index contributed by atoms with van der Waals surface area (Å²) in [6.45, 7) is 3.80. The fourth-order valence-corrected chi connectivity index (χ4v) is 1.99. The summed E-state index contributed by atoms with van der Waals surface area (Å²) < 4.78 is 5.66. The summed E-state index contributed by atoms with van der Waals surface area (Å²) in [4.78, 5) is 2.16. The van der Waals surface area contributed by atoms with E-state index in [1.807, 2.05) is 12.1 Å². The third-order valence-corrected chi connectivity index (χ3v) is 2.99. The van der Waals surface area contributed by atoms with E-state index in [1.165, 1.54) is 5.56 Å². The van der Waals surface area contributed by atoms with Crippen molar-refractivity contribution in [1.29, 1.82) is 0 Å². The summed E-state index contributed by atoms with van der Waals surface area (Å²) in [6.07, 6.45) is 0.944. The fraction of sp³-hybridized carbons (Fsp3) is 0.375. The first-order valence-corrected chi connectivity index (χ1v) is 6.72. The Labute approximate surface area is 115 Å². The van der Waals surface area contributed by atoms with Gasteiger partial charge in [-0.2, -0.15) is 0 Å². The van der Waals surface area contributed by atoms with Crippen molar-refractivity contribution in [2.45, 2.75) is 26.4 Å². The minimum Gasteiger partial charge on any atom is -0.464 e. The Balaban J connectivity index is 1.89. The highest BCUT2D eigenvalue weighted by Gasteiger charge is 2.01. The standard InChI is InChI=1S/C16H22N2O/c1-4-15-9-10-16(19-15)11-17-14-7-5-13(6-8-14)12-18(2)3/h5-10,17H,4,11-12H2,1-3H3. The molecule has 1 N–H and O–H groups in total. The van der Waals surface area contributed by atoms with Crippen molar-refractivity contribution >= 4 is 5.69 Å². The Kier molecular flexibility index (Phi) is 4.63. The molecular formula is C16H22N2O. The van der Waals surface area contributed by atoms with Crippen molar-refractivity contribution in [2.75, 3.05) is 19.4 Å². The first-order valence-electron chi connectivity index (χ1n) is 6.72. The second kappa shape index (κ2) is 6.43. The molecule has 0 amide bonds. The smallest absolute Gasteiger partial charge is 0.123 e. The molecule has 1 aromatic carbocycles. The summed E-state index contributed by atoms with van der Waals surface area (Å²) in [6, 6.07) is 12.6. The van der Waals surface area contributed by atoms with E-state index in [0.29, 0.717) is 0 Å². The van der Waals surface area contributed by atoms with Crippen LogP contribution in [0.2, 0.25) is 0 Å². The first kappa shape index (κ1) is 13.7. The van der Waals surface area contributed by atoms with Crippen LogP contribution in [0.4, 0.5) is 5.69 Å². The van der Waals surface area contributed by atoms with Crippen LogP contribution in [0.1, 0.15) is 24.0 Å². The van der Waals surface area contributed by atoms with Crippen LogP contribution >= 0.6 is 0 Å². The maximum atomic E-state index is 5.66. The van der Waals surface area contributed by atoms with Gasteiger partial charge in [-0.3, -0.25) is 0 Å². The quantitative estimate of drug-likeness (QED) is 0.859. The number of nitrogens with zero attached hydrogens (tertiary/aromatic N) is 1. The van der Waals surface area contributed by atoms with Gasteiger partial charge < -0.3 is 14.6 Å². The Hall–Kier alpha value is -1.74. The molecule has 3 nitrogen and oxygen atoms in total. The molecule has 0 bridgehead atoms. The van der Waals surface area contributed by atoms with Gasteiger partial charge in [-0.05, 0) is 43.9 Å². The molecule has 0 radical (unpaired) electrons. The van der Waals surface area contributed by atoms with E-state index in [2.05, 4.69) is 55.5 Å². The first-order chi connectivity index (χ1) is 9.17. The Morgan fingerprint density at radius 3 is 2.26 bits per heavy atom. The van der Waals surface area contributed by atoms with Crippen molar-refractivity contribution < 1.29 is 4.42 Å². The summed E-state index contributed by atoms with van der Waals surface area (Å²) >= 11 is 0. The van der Waals surface area contributed by atoms with Gasteiger partial charge in [0, 0.05) is 18.7 Å². The van der Waals surface area contributed by atoms with Crippen molar-refractivity contribution in [2.24, 2.45) is 0 Å². The monoisotopic (exact) mass is 258 g/mol. The lowest BCUT2D eigenvalue weighted by atomic mass is 10.2. The van der Waals surface area contributed by atoms with E-state index in [0.717, 1.165) is 36.7 Å². The zero-order valence-electron chi connectivity index (χ0n) is 11.9. The zero-order valence-corrected chi connectivity index (χ0v) is 11.9. The largest absolute Gasteiger partial charge is 0.464 e. The number of rotatable bonds is 6. The molecule has 2 aromatic rings. The van der Waals surface area contributed by atoms with Crippen LogP contribution < -0.4 is 5.32 Å². The van der Waals surface area contributed by atoms with Gasteiger partial charge in [0.05, 0.1) is 6.54 Å². The van der Waals surface area contributed by atoms with E-state index in [1.54, 1.807) is 0 Å². The lowest BCUT2D eigenvalue weighted by molar-refractivity contribution is 0.402. The molecular weight excluding hydrogens is 236 g/mol. The van der Waals surface area contributed by atoms with E-state index in [9.17, 15) is 0 Å². The second-order valence-electron chi connectivity index (χ2n) is 5.01. The van der Waals surface area contributed by atoms with Gasteiger partial charge in [0.15, 0.2) is 0 Å². The Morgan fingerprint density at radius 2 is 1.68 bits per heavy atom. The number of aryl methyl sites for hydroxylation is 1. The molecule has 1 aromatic heterocycles. The van der Waals surface area contributed by atoms with Crippen molar-refractivity contribution in [3.05, 3.63) is 53.5 Å². The van der Waals surface area contributed by atoms with Crippen LogP contribution in [0.5, 0.6) is 0 Å². The summed E-state index contributed by atoms with van der Waals surface area (Å²) in [5.41, 5.74) is 2.44. The number of furan rings is 1. The van der Waals surface area contributed by atoms with Crippen LogP contribution in [0, 0.1) is 0 Å². The van der Waals surface area contributed by atoms with Crippen LogP contribution in [-0.2, 0) is 19.5 Å². The predicted octanol–water partition coefficient (Wildman–Crippen LogP) is 3.52. The molecule has 0 aliphatic heterocycles. The van der Waals surface area contributed by atoms with Gasteiger partial charge in [0.25, 0.3) is 0 Å². The number of hydrogen-bond acceptors (Lipinski definition) is 3. The SMILES string of the molecule is CCc1ccc(CNc2ccc(CN(C)C)cc2)o1. The lowest BCUT2D eigenvalue weighted by Crippen LogP contribution is -2.10. The van der Waals surface area contributed by atoms with Crippen molar-refractivity contribution in [3.8, 4) is 0 Å². The molecule has 19 heavy (non-hydrogen) atoms. The molecule has 0 aliphatic carbocycles. The van der Waals surface area contributed by atoms with Gasteiger partial charge in [-0.1, -0.05) is 19.1 Å². The molecule has 0 fully saturated rings. The Bertz CT molecular complexity index is 500. The van der Waals surface area contributed by atoms with E-state index >= 15 is 0 Å². The van der Waals surface area contributed by atoms with Crippen LogP contribution in [0.3, 0.4) is 0 Å². The molecule has 3 heteroatoms. The van der Waals surface area contributed by atoms with E-state index in [4.69, 9.17) is 4.42 Å². The molecule has 102 valence electrons. The normalized spacial score (nSPS) is 10.9. The number of benzene rings is 1. The van der Waals surface area contributed by atoms with Crippen molar-refractivity contribution in [3.63, 3.8) is 0 Å². The van der Waals surface area contributed by atoms with Crippen LogP contribution in [0.25, 0.3) is 0 Å². The summed E-state index contributed by atoms with van der Waals surface area (Å²) in [5.74, 6) is 2.02. The molecule has 1 heterocycles. The molecule has 0 saturated heterocycles. The molecule has 0 spiro atoms. The third-order valence-electron chi connectivity index (χ3n) is 2.99. The minimum absolute atomic E-state index is 0.729. The molecule has 2 rings (SSSR count). The maximum Gasteiger partial charge on any atom is 0.123 e. The van der Waals surface area contributed by atoms with Crippen LogP contribution in [-0.4, -0.2) is 19.0 Å². The highest BCUT2D eigenvalue weighted by atomic mass is 16.3. The average Bonchev–Trinajstić information content (AvgIpc) is 2.85. The van der Waals surface area contributed by atoms with Crippen molar-refractivity contribution in [1.82, 2.24) is 4.90 Å². The number of hydrogen-bond donors (Lipinski definition) is 1. The fourth-order valence-electron chi connectivity index (χ4n) is 1.99. The van der Waals surface area contributed by atoms with Gasteiger partial charge in [0.1, 0.15) is 11.5 Å². The predicted molar refractivity (Wildman–Crippen MR) is 79.2 cm³/mol. The third kappa shape index (κ3) is 4.14. The zero-order chi connectivity index (χ0) is 13.7. The second-order valence-corrected chi connectivity index (χ2v) is 5.01. The highest BCUT2D eigenvalue weighted by molar-refractivity contribution is 5.44. The molecule has 0 atom stereocenters. The number of anilines is 1. The van der Waals surface area contributed by atoms with Gasteiger partial charge in [-0.15, -0.1) is 0 Å². The molecule has 0 unspecified atom stereocenters. The molecule has 0 saturated carbocycles. The van der Waals surface area contributed by atoms with Gasteiger partial charge in [0.2, 0.25) is 0 Å².